The second-order valence-corrected chi connectivity index (χ2v) is 10.7. The molecule has 0 fully saturated rings. The molecule has 1 heterocycles. The van der Waals surface area contributed by atoms with Crippen LogP contribution in [0.1, 0.15) is 124 Å². The van der Waals surface area contributed by atoms with Gasteiger partial charge >= 0.3 is 5.97 Å². The summed E-state index contributed by atoms with van der Waals surface area (Å²) in [4.78, 5) is 21.8. The van der Waals surface area contributed by atoms with Crippen molar-refractivity contribution in [2.24, 2.45) is 0 Å². The van der Waals surface area contributed by atoms with Gasteiger partial charge in [-0.1, -0.05) is 103 Å². The second kappa shape index (κ2) is 17.9. The number of ether oxygens (including phenoxy) is 1. The van der Waals surface area contributed by atoms with Gasteiger partial charge in [0.05, 0.1) is 11.1 Å². The maximum atomic E-state index is 12.8. The molecule has 5 nitrogen and oxygen atoms in total. The van der Waals surface area contributed by atoms with Crippen molar-refractivity contribution >= 4 is 5.97 Å². The summed E-state index contributed by atoms with van der Waals surface area (Å²) in [7, 11) is 0. The zero-order valence-corrected chi connectivity index (χ0v) is 24.5. The number of aromatic nitrogens is 2. The Morgan fingerprint density at radius 2 is 1.27 bits per heavy atom. The summed E-state index contributed by atoms with van der Waals surface area (Å²) in [6.07, 6.45) is 22.1. The Labute approximate surface area is 241 Å². The van der Waals surface area contributed by atoms with Crippen LogP contribution in [0.15, 0.2) is 54.9 Å². The molecule has 0 amide bonds. The van der Waals surface area contributed by atoms with Gasteiger partial charge in [0.2, 0.25) is 0 Å². The van der Waals surface area contributed by atoms with Crippen molar-refractivity contribution in [3.63, 3.8) is 0 Å². The lowest BCUT2D eigenvalue weighted by Crippen LogP contribution is -2.09. The third-order valence-electron chi connectivity index (χ3n) is 7.34. The summed E-state index contributed by atoms with van der Waals surface area (Å²) < 4.78 is 5.60. The van der Waals surface area contributed by atoms with E-state index in [1.807, 2.05) is 36.7 Å². The first-order chi connectivity index (χ1) is 19.6. The summed E-state index contributed by atoms with van der Waals surface area (Å²) in [5, 5.41) is 9.65. The van der Waals surface area contributed by atoms with E-state index >= 15 is 0 Å². The molecule has 212 valence electrons. The van der Waals surface area contributed by atoms with Crippen LogP contribution in [-0.2, 0) is 12.8 Å². The van der Waals surface area contributed by atoms with Gasteiger partial charge in [0, 0.05) is 18.0 Å². The largest absolute Gasteiger partial charge is 0.422 e. The average Bonchev–Trinajstić information content (AvgIpc) is 2.99. The van der Waals surface area contributed by atoms with Gasteiger partial charge in [-0.3, -0.25) is 0 Å². The number of hydrogen-bond acceptors (Lipinski definition) is 5. The monoisotopic (exact) mass is 539 g/mol. The van der Waals surface area contributed by atoms with Crippen LogP contribution in [-0.4, -0.2) is 15.9 Å². The van der Waals surface area contributed by atoms with Crippen molar-refractivity contribution in [1.82, 2.24) is 9.97 Å². The molecule has 0 bridgehead atoms. The number of carbonyl (C=O) groups excluding carboxylic acids is 1. The maximum absolute atomic E-state index is 12.8. The molecule has 1 aromatic heterocycles. The molecule has 5 heteroatoms. The molecule has 40 heavy (non-hydrogen) atoms. The summed E-state index contributed by atoms with van der Waals surface area (Å²) >= 11 is 0. The molecular formula is C35H45N3O2. The molecular weight excluding hydrogens is 494 g/mol. The Kier molecular flexibility index (Phi) is 13.9. The molecule has 0 radical (unpaired) electrons. The topological polar surface area (TPSA) is 75.9 Å². The fraction of sp³-hybridized carbons (Fsp3) is 0.486. The molecule has 0 aliphatic carbocycles. The third-order valence-corrected chi connectivity index (χ3v) is 7.34. The molecule has 3 aromatic rings. The number of carbonyl (C=O) groups is 1. The number of aryl methyl sites for hydroxylation is 2. The number of hydrogen-bond donors (Lipinski definition) is 0. The van der Waals surface area contributed by atoms with Gasteiger partial charge in [-0.05, 0) is 61.1 Å². The Bertz CT molecular complexity index is 1200. The fourth-order valence-electron chi connectivity index (χ4n) is 4.85. The highest BCUT2D eigenvalue weighted by Gasteiger charge is 2.13. The van der Waals surface area contributed by atoms with E-state index in [-0.39, 0.29) is 0 Å². The number of unbranched alkanes of at least 4 members (excludes halogenated alkanes) is 11. The quantitative estimate of drug-likeness (QED) is 0.0914. The van der Waals surface area contributed by atoms with Crippen LogP contribution >= 0.6 is 0 Å². The lowest BCUT2D eigenvalue weighted by Gasteiger charge is -2.09. The van der Waals surface area contributed by atoms with Crippen LogP contribution < -0.4 is 4.74 Å². The average molecular weight is 540 g/mol. The molecule has 0 N–H and O–H groups in total. The zero-order chi connectivity index (χ0) is 28.4. The third kappa shape index (κ3) is 10.6. The van der Waals surface area contributed by atoms with Crippen molar-refractivity contribution in [1.29, 1.82) is 5.26 Å². The van der Waals surface area contributed by atoms with E-state index in [0.717, 1.165) is 42.4 Å². The Balaban J connectivity index is 1.48. The predicted octanol–water partition coefficient (Wildman–Crippen LogP) is 9.43. The van der Waals surface area contributed by atoms with E-state index in [1.54, 1.807) is 18.2 Å². The first kappa shape index (κ1) is 31.0. The van der Waals surface area contributed by atoms with Gasteiger partial charge < -0.3 is 4.74 Å². The fourth-order valence-corrected chi connectivity index (χ4v) is 4.85. The van der Waals surface area contributed by atoms with Gasteiger partial charge in [-0.15, -0.1) is 0 Å². The standard InChI is InChI=1S/C35H45N3O2/c1-3-5-7-9-10-11-13-14-16-28-18-23-33(32(24-28)25-36)40-35(39)31-21-19-30(20-22-31)34-37-26-29(27-38-34)17-15-12-8-6-4-2/h18-24,26-27H,3-17H2,1-2H3. The van der Waals surface area contributed by atoms with Crippen LogP contribution in [0.2, 0.25) is 0 Å². The van der Waals surface area contributed by atoms with Gasteiger partial charge in [0.25, 0.3) is 0 Å². The molecule has 0 atom stereocenters. The number of esters is 1. The molecule has 3 rings (SSSR count). The molecule has 0 unspecified atom stereocenters. The van der Waals surface area contributed by atoms with E-state index < -0.39 is 5.97 Å². The molecule has 2 aromatic carbocycles. The lowest BCUT2D eigenvalue weighted by molar-refractivity contribution is 0.0734. The molecule has 0 aliphatic rings. The summed E-state index contributed by atoms with van der Waals surface area (Å²) in [6, 6.07) is 14.8. The highest BCUT2D eigenvalue weighted by atomic mass is 16.5. The molecule has 0 aliphatic heterocycles. The minimum Gasteiger partial charge on any atom is -0.422 e. The minimum absolute atomic E-state index is 0.296. The van der Waals surface area contributed by atoms with Crippen LogP contribution in [0.5, 0.6) is 5.75 Å². The SMILES string of the molecule is CCCCCCCCCCc1ccc(OC(=O)c2ccc(-c3ncc(CCCCCCC)cn3)cc2)c(C#N)c1. The first-order valence-electron chi connectivity index (χ1n) is 15.3. The predicted molar refractivity (Wildman–Crippen MR) is 162 cm³/mol. The van der Waals surface area contributed by atoms with Crippen LogP contribution in [0.25, 0.3) is 11.4 Å². The number of nitriles is 1. The Hall–Kier alpha value is -3.52. The second-order valence-electron chi connectivity index (χ2n) is 10.7. The Morgan fingerprint density at radius 3 is 1.85 bits per heavy atom. The maximum Gasteiger partial charge on any atom is 0.343 e. The number of nitrogens with zero attached hydrogens (tertiary/aromatic N) is 3. The summed E-state index contributed by atoms with van der Waals surface area (Å²) in [6.45, 7) is 4.47. The van der Waals surface area contributed by atoms with Gasteiger partial charge in [0.15, 0.2) is 5.82 Å². The summed E-state index contributed by atoms with van der Waals surface area (Å²) in [5.74, 6) is 0.441. The van der Waals surface area contributed by atoms with E-state index in [1.165, 1.54) is 70.6 Å². The van der Waals surface area contributed by atoms with E-state index in [4.69, 9.17) is 4.74 Å². The van der Waals surface area contributed by atoms with Gasteiger partial charge in [-0.2, -0.15) is 5.26 Å². The highest BCUT2D eigenvalue weighted by Crippen LogP contribution is 2.23. The van der Waals surface area contributed by atoms with Crippen molar-refractivity contribution < 1.29 is 9.53 Å². The first-order valence-corrected chi connectivity index (χ1v) is 15.3. The smallest absolute Gasteiger partial charge is 0.343 e. The van der Waals surface area contributed by atoms with E-state index in [0.29, 0.717) is 22.7 Å². The molecule has 0 saturated carbocycles. The van der Waals surface area contributed by atoms with Crippen molar-refractivity contribution in [2.75, 3.05) is 0 Å². The zero-order valence-electron chi connectivity index (χ0n) is 24.5. The lowest BCUT2D eigenvalue weighted by atomic mass is 10.0. The van der Waals surface area contributed by atoms with Crippen LogP contribution in [0.3, 0.4) is 0 Å². The van der Waals surface area contributed by atoms with Crippen molar-refractivity contribution in [2.45, 2.75) is 110 Å². The minimum atomic E-state index is -0.488. The molecule has 0 spiro atoms. The summed E-state index contributed by atoms with van der Waals surface area (Å²) in [5.41, 5.74) is 3.90. The van der Waals surface area contributed by atoms with Gasteiger partial charge in [0.1, 0.15) is 11.8 Å². The van der Waals surface area contributed by atoms with Crippen LogP contribution in [0, 0.1) is 11.3 Å². The van der Waals surface area contributed by atoms with Crippen molar-refractivity contribution in [3.05, 3.63) is 77.1 Å². The van der Waals surface area contributed by atoms with Crippen molar-refractivity contribution in [3.8, 4) is 23.2 Å². The van der Waals surface area contributed by atoms with E-state index in [9.17, 15) is 10.1 Å². The van der Waals surface area contributed by atoms with E-state index in [2.05, 4.69) is 29.9 Å². The highest BCUT2D eigenvalue weighted by molar-refractivity contribution is 5.91. The number of rotatable bonds is 18. The molecule has 0 saturated heterocycles. The number of benzene rings is 2. The normalized spacial score (nSPS) is 10.8. The van der Waals surface area contributed by atoms with Gasteiger partial charge in [-0.25, -0.2) is 14.8 Å². The van der Waals surface area contributed by atoms with Crippen LogP contribution in [0.4, 0.5) is 0 Å². The Morgan fingerprint density at radius 1 is 0.725 bits per heavy atom.